The molecule has 0 aliphatic carbocycles. The van der Waals surface area contributed by atoms with Gasteiger partial charge in [-0.05, 0) is 67.3 Å². The third kappa shape index (κ3) is 4.47. The summed E-state index contributed by atoms with van der Waals surface area (Å²) in [6.07, 6.45) is 5.30. The van der Waals surface area contributed by atoms with Gasteiger partial charge in [0.25, 0.3) is 0 Å². The van der Waals surface area contributed by atoms with E-state index < -0.39 is 5.97 Å². The van der Waals surface area contributed by atoms with E-state index in [1.165, 1.54) is 24.7 Å². The average molecular weight is 550 g/mol. The summed E-state index contributed by atoms with van der Waals surface area (Å²) >= 11 is 0. The number of pyridine rings is 1. The predicted molar refractivity (Wildman–Crippen MR) is 159 cm³/mol. The summed E-state index contributed by atoms with van der Waals surface area (Å²) in [7, 11) is 5.27. The monoisotopic (exact) mass is 549 g/mol. The molecule has 2 bridgehead atoms. The van der Waals surface area contributed by atoms with E-state index in [-0.39, 0.29) is 0 Å². The third-order valence-electron chi connectivity index (χ3n) is 8.88. The highest BCUT2D eigenvalue weighted by Crippen LogP contribution is 2.38. The quantitative estimate of drug-likeness (QED) is 0.262. The highest BCUT2D eigenvalue weighted by atomic mass is 16.5. The van der Waals surface area contributed by atoms with Gasteiger partial charge in [0.15, 0.2) is 5.82 Å². The van der Waals surface area contributed by atoms with Crippen molar-refractivity contribution in [2.24, 2.45) is 5.92 Å². The van der Waals surface area contributed by atoms with Gasteiger partial charge < -0.3 is 23.5 Å². The minimum atomic E-state index is -0.415. The number of fused-ring (bicyclic) bond motifs is 11. The van der Waals surface area contributed by atoms with E-state index in [4.69, 9.17) is 19.4 Å². The number of esters is 1. The molecule has 0 spiro atoms. The van der Waals surface area contributed by atoms with Crippen molar-refractivity contribution in [2.75, 3.05) is 34.4 Å². The number of hydrogen-bond acceptors (Lipinski definition) is 6. The van der Waals surface area contributed by atoms with Crippen LogP contribution < -0.4 is 4.74 Å². The minimum Gasteiger partial charge on any atom is -0.494 e. The van der Waals surface area contributed by atoms with Gasteiger partial charge in [0.05, 0.1) is 31.0 Å². The molecule has 7 rings (SSSR count). The summed E-state index contributed by atoms with van der Waals surface area (Å²) < 4.78 is 15.5. The van der Waals surface area contributed by atoms with Crippen molar-refractivity contribution in [3.05, 3.63) is 77.5 Å². The zero-order valence-electron chi connectivity index (χ0n) is 23.8. The molecule has 5 heterocycles. The Hall–Kier alpha value is -4.17. The van der Waals surface area contributed by atoms with Gasteiger partial charge in [-0.15, -0.1) is 0 Å². The lowest BCUT2D eigenvalue weighted by atomic mass is 9.85. The molecular formula is C33H35N5O3. The van der Waals surface area contributed by atoms with Crippen LogP contribution in [-0.4, -0.2) is 64.3 Å². The first-order valence-corrected chi connectivity index (χ1v) is 14.4. The van der Waals surface area contributed by atoms with Crippen LogP contribution in [0.15, 0.2) is 60.8 Å². The lowest BCUT2D eigenvalue weighted by Gasteiger charge is -2.21. The molecule has 2 atom stereocenters. The van der Waals surface area contributed by atoms with Crippen molar-refractivity contribution >= 4 is 28.0 Å². The van der Waals surface area contributed by atoms with Gasteiger partial charge in [0, 0.05) is 43.7 Å². The second-order valence-corrected chi connectivity index (χ2v) is 11.5. The van der Waals surface area contributed by atoms with Gasteiger partial charge in [0.2, 0.25) is 0 Å². The molecule has 210 valence electrons. The second-order valence-electron chi connectivity index (χ2n) is 11.5. The van der Waals surface area contributed by atoms with Crippen LogP contribution in [0.4, 0.5) is 0 Å². The Labute approximate surface area is 239 Å². The van der Waals surface area contributed by atoms with Gasteiger partial charge in [-0.2, -0.15) is 0 Å². The highest BCUT2D eigenvalue weighted by molar-refractivity contribution is 5.97. The molecule has 3 aromatic heterocycles. The van der Waals surface area contributed by atoms with Crippen molar-refractivity contribution in [1.82, 2.24) is 24.0 Å². The molecule has 1 fully saturated rings. The molecule has 0 radical (unpaired) electrons. The number of benzene rings is 2. The molecule has 41 heavy (non-hydrogen) atoms. The fraction of sp³-hybridized carbons (Fsp3) is 0.364. The zero-order valence-corrected chi connectivity index (χ0v) is 23.8. The Morgan fingerprint density at radius 1 is 1.00 bits per heavy atom. The van der Waals surface area contributed by atoms with Crippen molar-refractivity contribution in [3.8, 4) is 17.3 Å². The maximum atomic E-state index is 12.5. The SMILES string of the molecule is COC(=O)c1cc(OC)c2c(c1)nc1n2Cc2cccc(c2)[C@@H]2CN(C)C[C@@H]2CCCCn2c-1cc1cccnc12. The Morgan fingerprint density at radius 2 is 1.90 bits per heavy atom. The molecule has 2 aromatic carbocycles. The number of carbonyl (C=O) groups excluding carboxylic acids is 1. The molecular weight excluding hydrogens is 514 g/mol. The van der Waals surface area contributed by atoms with Crippen LogP contribution in [0.1, 0.15) is 46.7 Å². The zero-order chi connectivity index (χ0) is 28.1. The number of ether oxygens (including phenoxy) is 2. The van der Waals surface area contributed by atoms with E-state index in [0.717, 1.165) is 60.5 Å². The largest absolute Gasteiger partial charge is 0.494 e. The molecule has 2 aliphatic heterocycles. The summed E-state index contributed by atoms with van der Waals surface area (Å²) in [6, 6.07) is 18.9. The number of rotatable bonds is 2. The molecule has 8 heteroatoms. The first-order chi connectivity index (χ1) is 20.0. The number of hydrogen-bond donors (Lipinski definition) is 0. The molecule has 0 unspecified atom stereocenters. The van der Waals surface area contributed by atoms with Crippen LogP contribution in [0.25, 0.3) is 33.6 Å². The summed E-state index contributed by atoms with van der Waals surface area (Å²) in [4.78, 5) is 25.0. The number of likely N-dealkylation sites (N-methyl/N-ethyl adjacent to an activating group) is 1. The smallest absolute Gasteiger partial charge is 0.338 e. The van der Waals surface area contributed by atoms with Crippen molar-refractivity contribution in [2.45, 2.75) is 38.3 Å². The van der Waals surface area contributed by atoms with Gasteiger partial charge >= 0.3 is 5.97 Å². The number of aryl methyl sites for hydroxylation is 1. The third-order valence-corrected chi connectivity index (χ3v) is 8.88. The Morgan fingerprint density at radius 3 is 2.76 bits per heavy atom. The Bertz CT molecular complexity index is 1770. The van der Waals surface area contributed by atoms with Crippen LogP contribution in [0.2, 0.25) is 0 Å². The fourth-order valence-corrected chi connectivity index (χ4v) is 7.01. The lowest BCUT2D eigenvalue weighted by Crippen LogP contribution is -2.14. The van der Waals surface area contributed by atoms with Gasteiger partial charge in [0.1, 0.15) is 16.9 Å². The van der Waals surface area contributed by atoms with Crippen LogP contribution in [0.5, 0.6) is 5.75 Å². The first kappa shape index (κ1) is 25.8. The summed E-state index contributed by atoms with van der Waals surface area (Å²) in [5.41, 5.74) is 6.59. The van der Waals surface area contributed by atoms with E-state index in [9.17, 15) is 4.79 Å². The standard InChI is InChI=1S/C33H35N5O3/c1-36-19-24-9-4-5-13-37-28(16-23-11-7-12-34-31(23)37)32-35-27-15-25(33(39)41-3)17-29(40-2)30(27)38(32)18-21-8-6-10-22(14-21)26(24)20-36/h6-8,10-12,14-17,24,26H,4-5,9,13,18-20H2,1-3H3/t24-,26-/m0/s1. The maximum absolute atomic E-state index is 12.5. The van der Waals surface area contributed by atoms with Gasteiger partial charge in [-0.3, -0.25) is 0 Å². The second kappa shape index (κ2) is 10.3. The minimum absolute atomic E-state index is 0.415. The lowest BCUT2D eigenvalue weighted by molar-refractivity contribution is 0.0600. The van der Waals surface area contributed by atoms with E-state index in [0.29, 0.717) is 35.2 Å². The Balaban J connectivity index is 1.48. The van der Waals surface area contributed by atoms with Crippen LogP contribution in [-0.2, 0) is 17.8 Å². The van der Waals surface area contributed by atoms with E-state index in [1.54, 1.807) is 19.2 Å². The molecule has 0 N–H and O–H groups in total. The number of methoxy groups -OCH3 is 2. The number of aromatic nitrogens is 4. The normalized spacial score (nSPS) is 19.4. The fourth-order valence-electron chi connectivity index (χ4n) is 7.01. The molecule has 5 aromatic rings. The van der Waals surface area contributed by atoms with Gasteiger partial charge in [-0.25, -0.2) is 14.8 Å². The summed E-state index contributed by atoms with van der Waals surface area (Å²) in [6.45, 7) is 3.72. The van der Waals surface area contributed by atoms with E-state index in [2.05, 4.69) is 57.5 Å². The Kier molecular flexibility index (Phi) is 6.50. The van der Waals surface area contributed by atoms with Crippen LogP contribution >= 0.6 is 0 Å². The van der Waals surface area contributed by atoms with E-state index >= 15 is 0 Å². The van der Waals surface area contributed by atoms with E-state index in [1.807, 2.05) is 12.3 Å². The van der Waals surface area contributed by atoms with Crippen molar-refractivity contribution in [3.63, 3.8) is 0 Å². The molecule has 1 saturated heterocycles. The predicted octanol–water partition coefficient (Wildman–Crippen LogP) is 5.73. The number of likely N-dealkylation sites (tertiary alicyclic amines) is 1. The topological polar surface area (TPSA) is 74.4 Å². The molecule has 0 amide bonds. The van der Waals surface area contributed by atoms with Crippen molar-refractivity contribution in [1.29, 1.82) is 0 Å². The molecule has 8 nitrogen and oxygen atoms in total. The number of imidazole rings is 1. The maximum Gasteiger partial charge on any atom is 0.338 e. The van der Waals surface area contributed by atoms with Crippen LogP contribution in [0, 0.1) is 5.92 Å². The first-order valence-electron chi connectivity index (χ1n) is 14.4. The number of carbonyl (C=O) groups is 1. The van der Waals surface area contributed by atoms with Crippen molar-refractivity contribution < 1.29 is 14.3 Å². The molecule has 2 aliphatic rings. The number of nitrogens with zero attached hydrogens (tertiary/aromatic N) is 5. The summed E-state index contributed by atoms with van der Waals surface area (Å²) in [5.74, 6) is 2.19. The highest BCUT2D eigenvalue weighted by Gasteiger charge is 2.32. The van der Waals surface area contributed by atoms with Crippen LogP contribution in [0.3, 0.4) is 0 Å². The summed E-state index contributed by atoms with van der Waals surface area (Å²) in [5, 5.41) is 1.09. The van der Waals surface area contributed by atoms with Gasteiger partial charge in [-0.1, -0.05) is 30.7 Å². The average Bonchev–Trinajstić information content (AvgIpc) is 3.67. The molecule has 0 saturated carbocycles.